The molecule has 0 unspecified atom stereocenters. The van der Waals surface area contributed by atoms with E-state index in [2.05, 4.69) is 9.72 Å². The normalized spacial score (nSPS) is 12.0. The Morgan fingerprint density at radius 1 is 1.31 bits per heavy atom. The molecular formula is C10H8F3NO2. The highest BCUT2D eigenvalue weighted by Crippen LogP contribution is 2.30. The molecule has 16 heavy (non-hydrogen) atoms. The van der Waals surface area contributed by atoms with Crippen LogP contribution in [0.4, 0.5) is 13.2 Å². The van der Waals surface area contributed by atoms with Gasteiger partial charge in [0.05, 0.1) is 12.1 Å². The molecule has 0 aliphatic heterocycles. The summed E-state index contributed by atoms with van der Waals surface area (Å²) in [6, 6.07) is 5.87. The van der Waals surface area contributed by atoms with Crippen molar-refractivity contribution in [3.63, 3.8) is 0 Å². The van der Waals surface area contributed by atoms with Crippen LogP contribution in [-0.2, 0) is 6.61 Å². The minimum atomic E-state index is -4.72. The van der Waals surface area contributed by atoms with Crippen molar-refractivity contribution in [2.75, 3.05) is 0 Å². The first kappa shape index (κ1) is 10.8. The van der Waals surface area contributed by atoms with E-state index in [0.29, 0.717) is 11.1 Å². The Morgan fingerprint density at radius 2 is 2.06 bits per heavy atom. The number of ether oxygens (including phenoxy) is 1. The Kier molecular flexibility index (Phi) is 2.51. The number of aromatic amines is 1. The first-order valence-corrected chi connectivity index (χ1v) is 4.47. The van der Waals surface area contributed by atoms with Gasteiger partial charge in [0.1, 0.15) is 0 Å². The molecule has 6 heteroatoms. The first-order chi connectivity index (χ1) is 7.49. The van der Waals surface area contributed by atoms with Crippen molar-refractivity contribution in [1.29, 1.82) is 0 Å². The number of rotatable bonds is 2. The van der Waals surface area contributed by atoms with Gasteiger partial charge in [-0.1, -0.05) is 12.1 Å². The number of alkyl halides is 3. The smallest absolute Gasteiger partial charge is 0.404 e. The van der Waals surface area contributed by atoms with Crippen LogP contribution in [0.25, 0.3) is 10.9 Å². The maximum atomic E-state index is 12.1. The molecule has 0 spiro atoms. The van der Waals surface area contributed by atoms with E-state index in [4.69, 9.17) is 5.11 Å². The molecule has 0 atom stereocenters. The number of para-hydroxylation sites is 1. The molecule has 0 amide bonds. The van der Waals surface area contributed by atoms with Crippen molar-refractivity contribution in [3.05, 3.63) is 30.0 Å². The van der Waals surface area contributed by atoms with Gasteiger partial charge in [-0.2, -0.15) is 0 Å². The minimum absolute atomic E-state index is 0.226. The Balaban J connectivity index is 2.48. The molecule has 2 aromatic rings. The van der Waals surface area contributed by atoms with Gasteiger partial charge in [-0.15, -0.1) is 13.2 Å². The number of halogens is 3. The SMILES string of the molecule is OCc1cc2cccc(OC(F)(F)F)c2[nH]1. The fourth-order valence-electron chi connectivity index (χ4n) is 1.48. The van der Waals surface area contributed by atoms with Crippen molar-refractivity contribution in [1.82, 2.24) is 4.98 Å². The number of aliphatic hydroxyl groups is 1. The quantitative estimate of drug-likeness (QED) is 0.834. The van der Waals surface area contributed by atoms with Crippen LogP contribution in [-0.4, -0.2) is 16.5 Å². The molecule has 1 aromatic carbocycles. The van der Waals surface area contributed by atoms with E-state index in [1.807, 2.05) is 0 Å². The molecule has 0 fully saturated rings. The van der Waals surface area contributed by atoms with E-state index in [-0.39, 0.29) is 17.9 Å². The van der Waals surface area contributed by atoms with E-state index in [9.17, 15) is 13.2 Å². The lowest BCUT2D eigenvalue weighted by atomic mass is 10.2. The van der Waals surface area contributed by atoms with Gasteiger partial charge in [0, 0.05) is 11.1 Å². The second-order valence-corrected chi connectivity index (χ2v) is 3.22. The maximum absolute atomic E-state index is 12.1. The fourth-order valence-corrected chi connectivity index (χ4v) is 1.48. The number of fused-ring (bicyclic) bond motifs is 1. The number of benzene rings is 1. The van der Waals surface area contributed by atoms with Gasteiger partial charge in [0.15, 0.2) is 5.75 Å². The van der Waals surface area contributed by atoms with E-state index in [1.54, 1.807) is 12.1 Å². The first-order valence-electron chi connectivity index (χ1n) is 4.47. The largest absolute Gasteiger partial charge is 0.573 e. The van der Waals surface area contributed by atoms with Gasteiger partial charge in [-0.25, -0.2) is 0 Å². The number of hydrogen-bond donors (Lipinski definition) is 2. The lowest BCUT2D eigenvalue weighted by Crippen LogP contribution is -2.17. The van der Waals surface area contributed by atoms with Crippen molar-refractivity contribution >= 4 is 10.9 Å². The highest BCUT2D eigenvalue weighted by atomic mass is 19.4. The van der Waals surface area contributed by atoms with Crippen LogP contribution in [0.1, 0.15) is 5.69 Å². The topological polar surface area (TPSA) is 45.2 Å². The molecule has 0 radical (unpaired) electrons. The van der Waals surface area contributed by atoms with Crippen molar-refractivity contribution in [3.8, 4) is 5.75 Å². The number of hydrogen-bond acceptors (Lipinski definition) is 2. The van der Waals surface area contributed by atoms with Gasteiger partial charge >= 0.3 is 6.36 Å². The van der Waals surface area contributed by atoms with Gasteiger partial charge < -0.3 is 14.8 Å². The van der Waals surface area contributed by atoms with Crippen LogP contribution >= 0.6 is 0 Å². The lowest BCUT2D eigenvalue weighted by molar-refractivity contribution is -0.274. The number of aliphatic hydroxyl groups excluding tert-OH is 1. The van der Waals surface area contributed by atoms with Gasteiger partial charge in [0.25, 0.3) is 0 Å². The van der Waals surface area contributed by atoms with E-state index in [1.165, 1.54) is 12.1 Å². The summed E-state index contributed by atoms with van der Waals surface area (Å²) in [5.74, 6) is -0.301. The van der Waals surface area contributed by atoms with Crippen LogP contribution in [0.2, 0.25) is 0 Å². The van der Waals surface area contributed by atoms with Crippen LogP contribution in [0.3, 0.4) is 0 Å². The zero-order chi connectivity index (χ0) is 11.8. The summed E-state index contributed by atoms with van der Waals surface area (Å²) in [7, 11) is 0. The molecule has 3 nitrogen and oxygen atoms in total. The van der Waals surface area contributed by atoms with Gasteiger partial charge in [-0.3, -0.25) is 0 Å². The van der Waals surface area contributed by atoms with E-state index < -0.39 is 6.36 Å². The minimum Gasteiger partial charge on any atom is -0.404 e. The third kappa shape index (κ3) is 2.11. The van der Waals surface area contributed by atoms with Crippen molar-refractivity contribution < 1.29 is 23.0 Å². The summed E-state index contributed by atoms with van der Waals surface area (Å²) in [5, 5.41) is 9.43. The van der Waals surface area contributed by atoms with E-state index in [0.717, 1.165) is 0 Å². The molecule has 0 saturated carbocycles. The molecule has 86 valence electrons. The monoisotopic (exact) mass is 231 g/mol. The maximum Gasteiger partial charge on any atom is 0.573 e. The third-order valence-electron chi connectivity index (χ3n) is 2.07. The third-order valence-corrected chi connectivity index (χ3v) is 2.07. The molecular weight excluding hydrogens is 223 g/mol. The summed E-state index contributed by atoms with van der Waals surface area (Å²) >= 11 is 0. The average molecular weight is 231 g/mol. The second-order valence-electron chi connectivity index (χ2n) is 3.22. The Bertz CT molecular complexity index is 504. The van der Waals surface area contributed by atoms with Gasteiger partial charge in [0.2, 0.25) is 0 Å². The number of aromatic nitrogens is 1. The van der Waals surface area contributed by atoms with Crippen molar-refractivity contribution in [2.24, 2.45) is 0 Å². The van der Waals surface area contributed by atoms with Crippen LogP contribution in [0.15, 0.2) is 24.3 Å². The molecule has 1 aromatic heterocycles. The number of H-pyrrole nitrogens is 1. The summed E-state index contributed by atoms with van der Waals surface area (Å²) in [5.41, 5.74) is 0.664. The zero-order valence-electron chi connectivity index (χ0n) is 8.01. The predicted octanol–water partition coefficient (Wildman–Crippen LogP) is 2.56. The van der Waals surface area contributed by atoms with E-state index >= 15 is 0 Å². The number of nitrogens with one attached hydrogen (secondary N) is 1. The standard InChI is InChI=1S/C10H8F3NO2/c11-10(12,13)16-8-3-1-2-6-4-7(5-15)14-9(6)8/h1-4,14-15H,5H2. The summed E-state index contributed by atoms with van der Waals surface area (Å²) in [6.45, 7) is -0.264. The summed E-state index contributed by atoms with van der Waals surface area (Å²) in [6.07, 6.45) is -4.72. The molecule has 0 bridgehead atoms. The highest BCUT2D eigenvalue weighted by Gasteiger charge is 2.32. The lowest BCUT2D eigenvalue weighted by Gasteiger charge is -2.09. The van der Waals surface area contributed by atoms with Crippen LogP contribution < -0.4 is 4.74 Å². The predicted molar refractivity (Wildman–Crippen MR) is 50.9 cm³/mol. The Hall–Kier alpha value is -1.69. The highest BCUT2D eigenvalue weighted by molar-refractivity contribution is 5.86. The summed E-state index contributed by atoms with van der Waals surface area (Å²) in [4.78, 5) is 2.66. The van der Waals surface area contributed by atoms with Gasteiger partial charge in [-0.05, 0) is 12.1 Å². The molecule has 1 heterocycles. The molecule has 0 saturated heterocycles. The zero-order valence-corrected chi connectivity index (χ0v) is 8.01. The Morgan fingerprint density at radius 3 is 2.69 bits per heavy atom. The molecule has 0 aliphatic rings. The molecule has 2 N–H and O–H groups in total. The van der Waals surface area contributed by atoms with Crippen molar-refractivity contribution in [2.45, 2.75) is 13.0 Å². The fraction of sp³-hybridized carbons (Fsp3) is 0.200. The molecule has 2 rings (SSSR count). The summed E-state index contributed by atoms with van der Waals surface area (Å²) < 4.78 is 40.1. The second kappa shape index (κ2) is 3.71. The van der Waals surface area contributed by atoms with Crippen LogP contribution in [0, 0.1) is 0 Å². The Labute approximate surface area is 88.5 Å². The average Bonchev–Trinajstić information content (AvgIpc) is 2.59. The molecule has 0 aliphatic carbocycles. The van der Waals surface area contributed by atoms with Crippen LogP contribution in [0.5, 0.6) is 5.75 Å².